The molecule has 3 N–H and O–H groups in total. The molecular weight excluding hydrogens is 304 g/mol. The Kier molecular flexibility index (Phi) is 3.42. The van der Waals surface area contributed by atoms with Gasteiger partial charge in [0, 0.05) is 17.0 Å². The van der Waals surface area contributed by atoms with Gasteiger partial charge in [-0.1, -0.05) is 12.1 Å². The monoisotopic (exact) mass is 316 g/mol. The largest absolute Gasteiger partial charge is 0.480 e. The number of carbonyl (C=O) groups excluding carboxylic acids is 2. The first-order valence-corrected chi connectivity index (χ1v) is 7.40. The van der Waals surface area contributed by atoms with Crippen molar-refractivity contribution < 1.29 is 19.5 Å². The van der Waals surface area contributed by atoms with E-state index in [4.69, 9.17) is 5.73 Å². The number of imide groups is 1. The molecule has 2 aromatic rings. The Bertz CT molecular complexity index is 770. The summed E-state index contributed by atoms with van der Waals surface area (Å²) in [6.07, 6.45) is 0.0817. The number of benzene rings is 1. The normalized spacial score (nSPS) is 15.0. The van der Waals surface area contributed by atoms with Crippen molar-refractivity contribution in [2.75, 3.05) is 5.73 Å². The van der Waals surface area contributed by atoms with Crippen LogP contribution in [-0.2, 0) is 11.2 Å². The number of carbonyl (C=O) groups is 3. The van der Waals surface area contributed by atoms with Crippen LogP contribution in [0, 0.1) is 0 Å². The maximum Gasteiger partial charge on any atom is 0.327 e. The molecule has 2 heterocycles. The molecule has 2 amide bonds. The molecule has 0 spiro atoms. The topological polar surface area (TPSA) is 101 Å². The van der Waals surface area contributed by atoms with Crippen LogP contribution in [0.4, 0.5) is 5.69 Å². The van der Waals surface area contributed by atoms with Crippen LogP contribution in [0.1, 0.15) is 25.6 Å². The minimum absolute atomic E-state index is 0.0817. The van der Waals surface area contributed by atoms with Gasteiger partial charge in [0.25, 0.3) is 11.8 Å². The van der Waals surface area contributed by atoms with Gasteiger partial charge in [-0.15, -0.1) is 11.3 Å². The number of nitrogens with two attached hydrogens (primary N) is 1. The number of anilines is 1. The lowest BCUT2D eigenvalue weighted by molar-refractivity contribution is -0.141. The van der Waals surface area contributed by atoms with Crippen LogP contribution >= 0.6 is 11.3 Å². The van der Waals surface area contributed by atoms with Gasteiger partial charge in [-0.05, 0) is 23.6 Å². The van der Waals surface area contributed by atoms with Gasteiger partial charge in [0.1, 0.15) is 6.04 Å². The average molecular weight is 316 g/mol. The molecule has 0 bridgehead atoms. The van der Waals surface area contributed by atoms with E-state index in [9.17, 15) is 19.5 Å². The van der Waals surface area contributed by atoms with Crippen LogP contribution in [0.2, 0.25) is 0 Å². The minimum Gasteiger partial charge on any atom is -0.480 e. The Morgan fingerprint density at radius 1 is 1.23 bits per heavy atom. The molecule has 112 valence electrons. The molecule has 1 atom stereocenters. The molecule has 1 aliphatic heterocycles. The minimum atomic E-state index is -1.24. The zero-order valence-corrected chi connectivity index (χ0v) is 12.2. The van der Waals surface area contributed by atoms with Crippen LogP contribution in [-0.4, -0.2) is 33.8 Å². The van der Waals surface area contributed by atoms with Crippen molar-refractivity contribution in [3.05, 3.63) is 51.7 Å². The highest BCUT2D eigenvalue weighted by Gasteiger charge is 2.43. The number of thiophene rings is 1. The Morgan fingerprint density at radius 3 is 2.59 bits per heavy atom. The highest BCUT2D eigenvalue weighted by Crippen LogP contribution is 2.30. The van der Waals surface area contributed by atoms with Gasteiger partial charge in [0.15, 0.2) is 0 Å². The van der Waals surface area contributed by atoms with E-state index in [2.05, 4.69) is 0 Å². The zero-order chi connectivity index (χ0) is 15.9. The van der Waals surface area contributed by atoms with E-state index in [0.29, 0.717) is 0 Å². The summed E-state index contributed by atoms with van der Waals surface area (Å²) in [5, 5.41) is 11.3. The lowest BCUT2D eigenvalue weighted by Gasteiger charge is -2.22. The molecule has 6 nitrogen and oxygen atoms in total. The Labute approximate surface area is 129 Å². The number of carboxylic acids is 1. The molecular formula is C15H12N2O4S. The molecule has 3 rings (SSSR count). The standard InChI is InChI=1S/C15H12N2O4S/c16-10-5-1-4-9-12(10)14(19)17(13(9)18)11(15(20)21)7-8-3-2-6-22-8/h1-6,11H,7,16H2,(H,20,21)/t11-/m0/s1. The van der Waals surface area contributed by atoms with Crippen molar-refractivity contribution in [1.29, 1.82) is 0 Å². The third-order valence-corrected chi connectivity index (χ3v) is 4.45. The predicted octanol–water partition coefficient (Wildman–Crippen LogP) is 1.62. The van der Waals surface area contributed by atoms with Crippen molar-refractivity contribution in [2.45, 2.75) is 12.5 Å². The number of carboxylic acid groups (broad SMARTS) is 1. The van der Waals surface area contributed by atoms with Crippen molar-refractivity contribution >= 4 is 34.8 Å². The Balaban J connectivity index is 2.00. The zero-order valence-electron chi connectivity index (χ0n) is 11.4. The number of nitrogen functional groups attached to an aromatic ring is 1. The van der Waals surface area contributed by atoms with Gasteiger partial charge in [-0.25, -0.2) is 4.79 Å². The molecule has 0 saturated heterocycles. The number of hydrogen-bond donors (Lipinski definition) is 2. The first-order chi connectivity index (χ1) is 10.5. The van der Waals surface area contributed by atoms with Crippen molar-refractivity contribution in [1.82, 2.24) is 4.90 Å². The van der Waals surface area contributed by atoms with Gasteiger partial charge >= 0.3 is 5.97 Å². The summed E-state index contributed by atoms with van der Waals surface area (Å²) in [6.45, 7) is 0. The summed E-state index contributed by atoms with van der Waals surface area (Å²) >= 11 is 1.38. The number of fused-ring (bicyclic) bond motifs is 1. The average Bonchev–Trinajstić information content (AvgIpc) is 3.06. The maximum atomic E-state index is 12.5. The molecule has 22 heavy (non-hydrogen) atoms. The Hall–Kier alpha value is -2.67. The summed E-state index contributed by atoms with van der Waals surface area (Å²) in [5.41, 5.74) is 6.18. The summed E-state index contributed by atoms with van der Waals surface area (Å²) in [6, 6.07) is 6.88. The SMILES string of the molecule is Nc1cccc2c1C(=O)N([C@@H](Cc1cccs1)C(=O)O)C2=O. The maximum absolute atomic E-state index is 12.5. The molecule has 0 unspecified atom stereocenters. The van der Waals surface area contributed by atoms with Crippen LogP contribution < -0.4 is 5.73 Å². The first-order valence-electron chi connectivity index (χ1n) is 6.52. The smallest absolute Gasteiger partial charge is 0.327 e. The quantitative estimate of drug-likeness (QED) is 0.659. The number of aliphatic carboxylic acids is 1. The fourth-order valence-electron chi connectivity index (χ4n) is 2.52. The first kappa shape index (κ1) is 14.3. The summed E-state index contributed by atoms with van der Waals surface area (Å²) in [7, 11) is 0. The highest BCUT2D eigenvalue weighted by molar-refractivity contribution is 7.09. The molecule has 0 fully saturated rings. The number of amides is 2. The van der Waals surface area contributed by atoms with E-state index in [0.717, 1.165) is 9.78 Å². The van der Waals surface area contributed by atoms with E-state index in [1.54, 1.807) is 18.2 Å². The van der Waals surface area contributed by atoms with E-state index in [-0.39, 0.29) is 23.2 Å². The van der Waals surface area contributed by atoms with Gasteiger partial charge in [0.2, 0.25) is 0 Å². The van der Waals surface area contributed by atoms with Crippen LogP contribution in [0.25, 0.3) is 0 Å². The molecule has 0 radical (unpaired) electrons. The second-order valence-electron chi connectivity index (χ2n) is 4.89. The summed E-state index contributed by atoms with van der Waals surface area (Å²) in [5.74, 6) is -2.49. The van der Waals surface area contributed by atoms with E-state index >= 15 is 0 Å². The molecule has 1 aliphatic rings. The fourth-order valence-corrected chi connectivity index (χ4v) is 3.26. The third kappa shape index (κ3) is 2.15. The number of hydrogen-bond acceptors (Lipinski definition) is 5. The van der Waals surface area contributed by atoms with Crippen molar-refractivity contribution in [2.24, 2.45) is 0 Å². The lowest BCUT2D eigenvalue weighted by Crippen LogP contribution is -2.46. The van der Waals surface area contributed by atoms with Gasteiger partial charge in [-0.2, -0.15) is 0 Å². The summed E-state index contributed by atoms with van der Waals surface area (Å²) < 4.78 is 0. The third-order valence-electron chi connectivity index (χ3n) is 3.55. The van der Waals surface area contributed by atoms with Gasteiger partial charge < -0.3 is 10.8 Å². The fraction of sp³-hybridized carbons (Fsp3) is 0.133. The molecule has 1 aromatic carbocycles. The van der Waals surface area contributed by atoms with Gasteiger partial charge in [0.05, 0.1) is 11.1 Å². The number of rotatable bonds is 4. The van der Waals surface area contributed by atoms with Crippen LogP contribution in [0.15, 0.2) is 35.7 Å². The molecule has 7 heteroatoms. The molecule has 0 saturated carbocycles. The van der Waals surface area contributed by atoms with Crippen molar-refractivity contribution in [3.63, 3.8) is 0 Å². The second-order valence-corrected chi connectivity index (χ2v) is 5.92. The Morgan fingerprint density at radius 2 is 2.00 bits per heavy atom. The van der Waals surface area contributed by atoms with E-state index in [1.807, 2.05) is 5.38 Å². The highest BCUT2D eigenvalue weighted by atomic mass is 32.1. The second kappa shape index (κ2) is 5.27. The molecule has 1 aromatic heterocycles. The van der Waals surface area contributed by atoms with Crippen molar-refractivity contribution in [3.8, 4) is 0 Å². The van der Waals surface area contributed by atoms with E-state index < -0.39 is 23.8 Å². The lowest BCUT2D eigenvalue weighted by atomic mass is 10.1. The summed E-state index contributed by atoms with van der Waals surface area (Å²) in [4.78, 5) is 38.0. The van der Waals surface area contributed by atoms with Crippen LogP contribution in [0.3, 0.4) is 0 Å². The van der Waals surface area contributed by atoms with Gasteiger partial charge in [-0.3, -0.25) is 14.5 Å². The van der Waals surface area contributed by atoms with Crippen LogP contribution in [0.5, 0.6) is 0 Å². The predicted molar refractivity (Wildman–Crippen MR) is 80.8 cm³/mol. The molecule has 0 aliphatic carbocycles. The van der Waals surface area contributed by atoms with E-state index in [1.165, 1.54) is 23.5 Å². The number of nitrogens with zero attached hydrogens (tertiary/aromatic N) is 1.